The van der Waals surface area contributed by atoms with E-state index in [2.05, 4.69) is 15.0 Å². The fraction of sp³-hybridized carbons (Fsp3) is 0.273. The van der Waals surface area contributed by atoms with Crippen molar-refractivity contribution in [3.05, 3.63) is 36.2 Å². The first kappa shape index (κ1) is 13.5. The van der Waals surface area contributed by atoms with Gasteiger partial charge in [0.15, 0.2) is 0 Å². The largest absolute Gasteiger partial charge is 0.398 e. The highest BCUT2D eigenvalue weighted by molar-refractivity contribution is 7.89. The van der Waals surface area contributed by atoms with Gasteiger partial charge in [0.2, 0.25) is 10.0 Å². The first-order valence-corrected chi connectivity index (χ1v) is 7.18. The molecule has 0 aliphatic carbocycles. The van der Waals surface area contributed by atoms with Crippen LogP contribution in [0, 0.1) is 6.92 Å². The van der Waals surface area contributed by atoms with Crippen molar-refractivity contribution in [3.8, 4) is 0 Å². The number of aromatic nitrogens is 3. The molecule has 19 heavy (non-hydrogen) atoms. The zero-order chi connectivity index (χ0) is 13.9. The highest BCUT2D eigenvalue weighted by Gasteiger charge is 2.19. The van der Waals surface area contributed by atoms with Gasteiger partial charge in [-0.1, -0.05) is 17.3 Å². The lowest BCUT2D eigenvalue weighted by molar-refractivity contribution is 0.553. The summed E-state index contributed by atoms with van der Waals surface area (Å²) in [5, 5.41) is 7.39. The fourth-order valence-corrected chi connectivity index (χ4v) is 3.14. The third-order valence-corrected chi connectivity index (χ3v) is 4.30. The second kappa shape index (κ2) is 5.37. The van der Waals surface area contributed by atoms with E-state index < -0.39 is 10.0 Å². The van der Waals surface area contributed by atoms with E-state index in [1.54, 1.807) is 36.0 Å². The van der Waals surface area contributed by atoms with Gasteiger partial charge in [-0.2, -0.15) is 0 Å². The summed E-state index contributed by atoms with van der Waals surface area (Å²) in [6.45, 7) is 2.34. The molecular formula is C11H15N5O2S. The van der Waals surface area contributed by atoms with Crippen LogP contribution in [0.5, 0.6) is 0 Å². The summed E-state index contributed by atoms with van der Waals surface area (Å²) < 4.78 is 28.4. The predicted octanol–water partition coefficient (Wildman–Crippen LogP) is 0.147. The Kier molecular flexibility index (Phi) is 3.82. The summed E-state index contributed by atoms with van der Waals surface area (Å²) in [7, 11) is -3.61. The van der Waals surface area contributed by atoms with E-state index in [-0.39, 0.29) is 17.1 Å². The second-order valence-corrected chi connectivity index (χ2v) is 5.76. The van der Waals surface area contributed by atoms with Crippen LogP contribution in [0.3, 0.4) is 0 Å². The molecule has 0 atom stereocenters. The summed E-state index contributed by atoms with van der Waals surface area (Å²) >= 11 is 0. The SMILES string of the molecule is Cc1cccc(N)c1S(=O)(=O)NCCn1ccnn1. The number of benzene rings is 1. The molecule has 0 saturated heterocycles. The Labute approximate surface area is 111 Å². The zero-order valence-corrected chi connectivity index (χ0v) is 11.3. The highest BCUT2D eigenvalue weighted by atomic mass is 32.2. The maximum Gasteiger partial charge on any atom is 0.242 e. The van der Waals surface area contributed by atoms with E-state index in [0.29, 0.717) is 12.1 Å². The minimum Gasteiger partial charge on any atom is -0.398 e. The summed E-state index contributed by atoms with van der Waals surface area (Å²) in [4.78, 5) is 0.133. The van der Waals surface area contributed by atoms with E-state index in [1.807, 2.05) is 0 Å². The van der Waals surface area contributed by atoms with Crippen molar-refractivity contribution in [1.29, 1.82) is 0 Å². The van der Waals surface area contributed by atoms with Crippen molar-refractivity contribution in [1.82, 2.24) is 19.7 Å². The van der Waals surface area contributed by atoms with Crippen LogP contribution in [-0.4, -0.2) is 30.0 Å². The summed E-state index contributed by atoms with van der Waals surface area (Å²) in [5.74, 6) is 0. The summed E-state index contributed by atoms with van der Waals surface area (Å²) in [6.07, 6.45) is 3.20. The van der Waals surface area contributed by atoms with Gasteiger partial charge in [0.1, 0.15) is 4.90 Å². The molecule has 1 aromatic heterocycles. The lowest BCUT2D eigenvalue weighted by atomic mass is 10.2. The van der Waals surface area contributed by atoms with Gasteiger partial charge < -0.3 is 5.73 Å². The van der Waals surface area contributed by atoms with Crippen LogP contribution in [0.15, 0.2) is 35.5 Å². The standard InChI is InChI=1S/C11H15N5O2S/c1-9-3-2-4-10(12)11(9)19(17,18)14-6-8-16-7-5-13-15-16/h2-5,7,14H,6,8,12H2,1H3. The van der Waals surface area contributed by atoms with Crippen LogP contribution in [0.25, 0.3) is 0 Å². The first-order valence-electron chi connectivity index (χ1n) is 5.69. The molecule has 0 spiro atoms. The first-order chi connectivity index (χ1) is 9.00. The normalized spacial score (nSPS) is 11.6. The van der Waals surface area contributed by atoms with E-state index in [0.717, 1.165) is 0 Å². The Bertz CT molecular complexity index is 631. The molecule has 0 fully saturated rings. The number of anilines is 1. The Morgan fingerprint density at radius 3 is 2.84 bits per heavy atom. The van der Waals surface area contributed by atoms with Gasteiger partial charge in [-0.25, -0.2) is 13.1 Å². The van der Waals surface area contributed by atoms with E-state index in [9.17, 15) is 8.42 Å². The smallest absolute Gasteiger partial charge is 0.242 e. The molecule has 7 nitrogen and oxygen atoms in total. The van der Waals surface area contributed by atoms with E-state index in [4.69, 9.17) is 5.73 Å². The molecular weight excluding hydrogens is 266 g/mol. The number of rotatable bonds is 5. The minimum absolute atomic E-state index is 0.133. The van der Waals surface area contributed by atoms with Gasteiger partial charge in [0, 0.05) is 12.7 Å². The Morgan fingerprint density at radius 1 is 1.42 bits per heavy atom. The number of nitrogen functional groups attached to an aromatic ring is 1. The molecule has 102 valence electrons. The number of nitrogens with two attached hydrogens (primary N) is 1. The third kappa shape index (κ3) is 3.09. The van der Waals surface area contributed by atoms with Crippen LogP contribution in [-0.2, 0) is 16.6 Å². The number of hydrogen-bond donors (Lipinski definition) is 2. The molecule has 1 heterocycles. The molecule has 0 aliphatic heterocycles. The van der Waals surface area contributed by atoms with Gasteiger partial charge in [-0.15, -0.1) is 5.10 Å². The van der Waals surface area contributed by atoms with Crippen LogP contribution in [0.4, 0.5) is 5.69 Å². The number of aryl methyl sites for hydroxylation is 1. The van der Waals surface area contributed by atoms with Gasteiger partial charge in [-0.05, 0) is 18.6 Å². The van der Waals surface area contributed by atoms with E-state index >= 15 is 0 Å². The lowest BCUT2D eigenvalue weighted by Gasteiger charge is -2.11. The number of sulfonamides is 1. The van der Waals surface area contributed by atoms with Crippen molar-refractivity contribution in [2.75, 3.05) is 12.3 Å². The predicted molar refractivity (Wildman–Crippen MR) is 70.8 cm³/mol. The molecule has 0 amide bonds. The van der Waals surface area contributed by atoms with E-state index in [1.165, 1.54) is 6.20 Å². The molecule has 8 heteroatoms. The molecule has 0 aliphatic rings. The molecule has 2 aromatic rings. The quantitative estimate of drug-likeness (QED) is 0.759. The number of nitrogens with zero attached hydrogens (tertiary/aromatic N) is 3. The van der Waals surface area contributed by atoms with Crippen LogP contribution < -0.4 is 10.5 Å². The Morgan fingerprint density at radius 2 is 2.21 bits per heavy atom. The maximum atomic E-state index is 12.2. The molecule has 0 bridgehead atoms. The molecule has 0 saturated carbocycles. The topological polar surface area (TPSA) is 103 Å². The molecule has 3 N–H and O–H groups in total. The van der Waals surface area contributed by atoms with Crippen LogP contribution >= 0.6 is 0 Å². The molecule has 0 unspecified atom stereocenters. The highest BCUT2D eigenvalue weighted by Crippen LogP contribution is 2.21. The van der Waals surface area contributed by atoms with Crippen LogP contribution in [0.2, 0.25) is 0 Å². The fourth-order valence-electron chi connectivity index (χ4n) is 1.76. The summed E-state index contributed by atoms with van der Waals surface area (Å²) in [5.41, 5.74) is 6.59. The average Bonchev–Trinajstić information content (AvgIpc) is 2.81. The van der Waals surface area contributed by atoms with Crippen molar-refractivity contribution in [2.24, 2.45) is 0 Å². The van der Waals surface area contributed by atoms with Crippen LogP contribution in [0.1, 0.15) is 5.56 Å². The monoisotopic (exact) mass is 281 g/mol. The molecule has 1 aromatic carbocycles. The maximum absolute atomic E-state index is 12.2. The Balaban J connectivity index is 2.10. The number of nitrogens with one attached hydrogen (secondary N) is 1. The van der Waals surface area contributed by atoms with Gasteiger partial charge in [0.25, 0.3) is 0 Å². The molecule has 2 rings (SSSR count). The van der Waals surface area contributed by atoms with Gasteiger partial charge in [-0.3, -0.25) is 4.68 Å². The summed E-state index contributed by atoms with van der Waals surface area (Å²) in [6, 6.07) is 5.00. The minimum atomic E-state index is -3.61. The van der Waals surface area contributed by atoms with Crippen molar-refractivity contribution in [3.63, 3.8) is 0 Å². The molecule has 0 radical (unpaired) electrons. The van der Waals surface area contributed by atoms with Crippen molar-refractivity contribution >= 4 is 15.7 Å². The van der Waals surface area contributed by atoms with Gasteiger partial charge >= 0.3 is 0 Å². The van der Waals surface area contributed by atoms with Crippen molar-refractivity contribution < 1.29 is 8.42 Å². The third-order valence-electron chi connectivity index (χ3n) is 2.62. The Hall–Kier alpha value is -1.93. The lowest BCUT2D eigenvalue weighted by Crippen LogP contribution is -2.28. The second-order valence-electron chi connectivity index (χ2n) is 4.06. The average molecular weight is 281 g/mol. The number of hydrogen-bond acceptors (Lipinski definition) is 5. The van der Waals surface area contributed by atoms with Crippen molar-refractivity contribution in [2.45, 2.75) is 18.4 Å². The van der Waals surface area contributed by atoms with Gasteiger partial charge in [0.05, 0.1) is 18.4 Å². The zero-order valence-electron chi connectivity index (χ0n) is 10.4.